The highest BCUT2D eigenvalue weighted by molar-refractivity contribution is 14.1. The fourth-order valence-corrected chi connectivity index (χ4v) is 3.73. The van der Waals surface area contributed by atoms with E-state index in [-0.39, 0.29) is 0 Å². The summed E-state index contributed by atoms with van der Waals surface area (Å²) >= 11 is 2.31. The van der Waals surface area contributed by atoms with E-state index in [0.29, 0.717) is 6.10 Å². The number of halogens is 1. The first kappa shape index (κ1) is 13.7. The van der Waals surface area contributed by atoms with Gasteiger partial charge in [0.15, 0.2) is 8.32 Å². The van der Waals surface area contributed by atoms with Crippen molar-refractivity contribution in [3.8, 4) is 0 Å². The molecule has 0 aromatic rings. The fraction of sp³-hybridized carbons (Fsp3) is 0.833. The molecule has 1 nitrogen and oxygen atoms in total. The summed E-state index contributed by atoms with van der Waals surface area (Å²) in [6, 6.07) is 0. The van der Waals surface area contributed by atoms with Crippen LogP contribution in [-0.2, 0) is 4.43 Å². The molecule has 1 aliphatic rings. The van der Waals surface area contributed by atoms with E-state index in [9.17, 15) is 0 Å². The van der Waals surface area contributed by atoms with Gasteiger partial charge in [-0.25, -0.2) is 0 Å². The minimum Gasteiger partial charge on any atom is -0.411 e. The average Bonchev–Trinajstić information content (AvgIpc) is 2.17. The Morgan fingerprint density at radius 2 is 1.80 bits per heavy atom. The van der Waals surface area contributed by atoms with Crippen molar-refractivity contribution in [2.75, 3.05) is 0 Å². The van der Waals surface area contributed by atoms with Gasteiger partial charge in [-0.05, 0) is 42.5 Å². The third-order valence-electron chi connectivity index (χ3n) is 2.87. The molecule has 0 unspecified atom stereocenters. The van der Waals surface area contributed by atoms with E-state index in [1.165, 1.54) is 32.1 Å². The van der Waals surface area contributed by atoms with Crippen molar-refractivity contribution in [3.05, 3.63) is 10.2 Å². The molecule has 0 aromatic heterocycles. The van der Waals surface area contributed by atoms with Crippen LogP contribution in [0.5, 0.6) is 0 Å². The first-order chi connectivity index (χ1) is 7.03. The van der Waals surface area contributed by atoms with Crippen molar-refractivity contribution in [2.45, 2.75) is 57.8 Å². The maximum Gasteiger partial charge on any atom is 0.184 e. The predicted octanol–water partition coefficient (Wildman–Crippen LogP) is 4.74. The molecule has 0 saturated heterocycles. The largest absolute Gasteiger partial charge is 0.411 e. The number of hydrogen-bond acceptors (Lipinski definition) is 1. The van der Waals surface area contributed by atoms with Gasteiger partial charge in [-0.2, -0.15) is 0 Å². The smallest absolute Gasteiger partial charge is 0.184 e. The molecule has 1 saturated carbocycles. The van der Waals surface area contributed by atoms with E-state index in [1.807, 2.05) is 0 Å². The van der Waals surface area contributed by atoms with Crippen LogP contribution in [0.25, 0.3) is 0 Å². The van der Waals surface area contributed by atoms with Crippen LogP contribution in [0.3, 0.4) is 0 Å². The summed E-state index contributed by atoms with van der Waals surface area (Å²) < 4.78 is 8.39. The summed E-state index contributed by atoms with van der Waals surface area (Å²) in [7, 11) is -1.40. The third-order valence-corrected chi connectivity index (χ3v) is 4.26. The molecular formula is C12H23IOSi. The molecule has 0 spiro atoms. The standard InChI is InChI=1S/C12H23IOSi/c1-15(2,3)14-12(9-10-13)11-7-5-4-6-8-11/h9-12H,4-8H2,1-3H3/t12-/m0/s1. The Balaban J connectivity index is 2.55. The molecule has 1 atom stereocenters. The van der Waals surface area contributed by atoms with Crippen LogP contribution < -0.4 is 0 Å². The molecule has 15 heavy (non-hydrogen) atoms. The van der Waals surface area contributed by atoms with Gasteiger partial charge in [-0.3, -0.25) is 0 Å². The summed E-state index contributed by atoms with van der Waals surface area (Å²) in [5.74, 6) is 0.775. The second kappa shape index (κ2) is 6.40. The maximum atomic E-state index is 6.26. The van der Waals surface area contributed by atoms with Crippen LogP contribution in [-0.4, -0.2) is 14.4 Å². The van der Waals surface area contributed by atoms with Gasteiger partial charge in [-0.1, -0.05) is 47.9 Å². The quantitative estimate of drug-likeness (QED) is 0.532. The average molecular weight is 338 g/mol. The summed E-state index contributed by atoms with van der Waals surface area (Å²) in [4.78, 5) is 0. The Bertz CT molecular complexity index is 204. The minimum atomic E-state index is -1.40. The van der Waals surface area contributed by atoms with Gasteiger partial charge in [0.25, 0.3) is 0 Å². The Kier molecular flexibility index (Phi) is 5.85. The minimum absolute atomic E-state index is 0.383. The molecule has 0 aromatic carbocycles. The van der Waals surface area contributed by atoms with Gasteiger partial charge in [-0.15, -0.1) is 0 Å². The zero-order chi connectivity index (χ0) is 11.3. The molecule has 1 aliphatic carbocycles. The highest BCUT2D eigenvalue weighted by atomic mass is 127. The van der Waals surface area contributed by atoms with Crippen LogP contribution in [0.2, 0.25) is 19.6 Å². The van der Waals surface area contributed by atoms with Crippen LogP contribution in [0, 0.1) is 5.92 Å². The molecule has 0 bridgehead atoms. The normalized spacial score (nSPS) is 22.1. The van der Waals surface area contributed by atoms with Gasteiger partial charge in [0.05, 0.1) is 6.10 Å². The van der Waals surface area contributed by atoms with E-state index >= 15 is 0 Å². The lowest BCUT2D eigenvalue weighted by molar-refractivity contribution is 0.141. The second-order valence-electron chi connectivity index (χ2n) is 5.41. The Hall–Kier alpha value is 0.647. The summed E-state index contributed by atoms with van der Waals surface area (Å²) in [6.07, 6.45) is 9.57. The third kappa shape index (κ3) is 5.50. The van der Waals surface area contributed by atoms with Crippen LogP contribution >= 0.6 is 22.6 Å². The Morgan fingerprint density at radius 1 is 1.20 bits per heavy atom. The van der Waals surface area contributed by atoms with E-state index in [1.54, 1.807) is 0 Å². The molecule has 1 rings (SSSR count). The summed E-state index contributed by atoms with van der Waals surface area (Å²) in [5, 5.41) is 0. The lowest BCUT2D eigenvalue weighted by Gasteiger charge is -2.33. The van der Waals surface area contributed by atoms with E-state index in [2.05, 4.69) is 52.4 Å². The van der Waals surface area contributed by atoms with Crippen LogP contribution in [0.15, 0.2) is 10.2 Å². The monoisotopic (exact) mass is 338 g/mol. The summed E-state index contributed by atoms with van der Waals surface area (Å²) in [6.45, 7) is 6.84. The van der Waals surface area contributed by atoms with Crippen LogP contribution in [0.1, 0.15) is 32.1 Å². The highest BCUT2D eigenvalue weighted by Crippen LogP contribution is 2.30. The fourth-order valence-electron chi connectivity index (χ4n) is 2.24. The van der Waals surface area contributed by atoms with Gasteiger partial charge >= 0.3 is 0 Å². The molecule has 3 heteroatoms. The lowest BCUT2D eigenvalue weighted by Crippen LogP contribution is -2.36. The van der Waals surface area contributed by atoms with Crippen molar-refractivity contribution in [1.29, 1.82) is 0 Å². The van der Waals surface area contributed by atoms with Gasteiger partial charge in [0.2, 0.25) is 0 Å². The second-order valence-corrected chi connectivity index (χ2v) is 10.6. The first-order valence-electron chi connectivity index (χ1n) is 5.97. The molecular weight excluding hydrogens is 315 g/mol. The predicted molar refractivity (Wildman–Crippen MR) is 78.0 cm³/mol. The molecule has 0 aliphatic heterocycles. The first-order valence-corrected chi connectivity index (χ1v) is 10.6. The highest BCUT2D eigenvalue weighted by Gasteiger charge is 2.27. The van der Waals surface area contributed by atoms with Crippen molar-refractivity contribution in [3.63, 3.8) is 0 Å². The number of rotatable bonds is 4. The van der Waals surface area contributed by atoms with Crippen LogP contribution in [0.4, 0.5) is 0 Å². The summed E-state index contributed by atoms with van der Waals surface area (Å²) in [5.41, 5.74) is 0. The van der Waals surface area contributed by atoms with E-state index < -0.39 is 8.32 Å². The molecule has 0 radical (unpaired) electrons. The molecule has 0 heterocycles. The molecule has 0 N–H and O–H groups in total. The zero-order valence-corrected chi connectivity index (χ0v) is 13.3. The van der Waals surface area contributed by atoms with Gasteiger partial charge < -0.3 is 4.43 Å². The van der Waals surface area contributed by atoms with Crippen molar-refractivity contribution >= 4 is 30.9 Å². The van der Waals surface area contributed by atoms with Crippen molar-refractivity contribution in [2.24, 2.45) is 5.92 Å². The maximum absolute atomic E-state index is 6.26. The molecule has 88 valence electrons. The molecule has 0 amide bonds. The van der Waals surface area contributed by atoms with Gasteiger partial charge in [0.1, 0.15) is 0 Å². The van der Waals surface area contributed by atoms with Crippen molar-refractivity contribution in [1.82, 2.24) is 0 Å². The Morgan fingerprint density at radius 3 is 2.27 bits per heavy atom. The zero-order valence-electron chi connectivity index (χ0n) is 10.1. The van der Waals surface area contributed by atoms with E-state index in [0.717, 1.165) is 5.92 Å². The van der Waals surface area contributed by atoms with Gasteiger partial charge in [0, 0.05) is 0 Å². The number of hydrogen-bond donors (Lipinski definition) is 0. The topological polar surface area (TPSA) is 9.23 Å². The molecule has 1 fully saturated rings. The van der Waals surface area contributed by atoms with E-state index in [4.69, 9.17) is 4.43 Å². The SMILES string of the molecule is C[Si](C)(C)O[C@@H](C=CI)C1CCCCC1. The lowest BCUT2D eigenvalue weighted by atomic mass is 9.85. The Labute approximate surface area is 109 Å². The van der Waals surface area contributed by atoms with Crippen molar-refractivity contribution < 1.29 is 4.43 Å².